The summed E-state index contributed by atoms with van der Waals surface area (Å²) >= 11 is 0. The van der Waals surface area contributed by atoms with Crippen molar-refractivity contribution in [2.45, 2.75) is 65.7 Å². The van der Waals surface area contributed by atoms with Crippen molar-refractivity contribution in [3.05, 3.63) is 0 Å². The maximum absolute atomic E-state index is 2.47. The van der Waals surface area contributed by atoms with Gasteiger partial charge in [-0.2, -0.15) is 0 Å². The van der Waals surface area contributed by atoms with Crippen LogP contribution in [-0.2, 0) is 0 Å². The third-order valence-corrected chi connectivity index (χ3v) is 5.37. The second-order valence-corrected chi connectivity index (χ2v) is 6.55. The highest BCUT2D eigenvalue weighted by Crippen LogP contribution is 2.43. The van der Waals surface area contributed by atoms with Crippen molar-refractivity contribution in [1.29, 1.82) is 0 Å². The third kappa shape index (κ3) is 4.26. The molecule has 0 heterocycles. The van der Waals surface area contributed by atoms with E-state index in [4.69, 9.17) is 0 Å². The van der Waals surface area contributed by atoms with E-state index in [2.05, 4.69) is 20.8 Å². The smallest absolute Gasteiger partial charge is 0.0383 e. The molecule has 2 heteroatoms. The molecule has 0 aromatic carbocycles. The largest absolute Gasteiger partial charge is 0.412 e. The fraction of sp³-hybridized carbons (Fsp3) is 1.00. The predicted molar refractivity (Wildman–Crippen MR) is 74.0 cm³/mol. The van der Waals surface area contributed by atoms with Crippen LogP contribution < -0.4 is 0 Å². The van der Waals surface area contributed by atoms with E-state index < -0.39 is 0 Å². The van der Waals surface area contributed by atoms with Crippen LogP contribution in [0.25, 0.3) is 0 Å². The molecule has 0 spiro atoms. The van der Waals surface area contributed by atoms with Crippen molar-refractivity contribution in [3.63, 3.8) is 0 Å². The number of rotatable bonds is 1. The fourth-order valence-corrected chi connectivity index (χ4v) is 3.77. The van der Waals surface area contributed by atoms with Crippen LogP contribution in [0.3, 0.4) is 0 Å². The van der Waals surface area contributed by atoms with Crippen LogP contribution in [0, 0.1) is 29.6 Å². The monoisotopic (exact) mass is 244 g/mol. The lowest BCUT2D eigenvalue weighted by Crippen LogP contribution is -2.28. The molecule has 0 aromatic heterocycles. The summed E-state index contributed by atoms with van der Waals surface area (Å²) in [7, 11) is 0. The Morgan fingerprint density at radius 1 is 0.588 bits per heavy atom. The first-order valence-electron chi connectivity index (χ1n) is 7.16. The highest BCUT2D eigenvalue weighted by molar-refractivity contribution is 4.82. The van der Waals surface area contributed by atoms with Crippen LogP contribution in [0.4, 0.5) is 0 Å². The molecule has 3 unspecified atom stereocenters. The first-order valence-corrected chi connectivity index (χ1v) is 7.16. The van der Waals surface area contributed by atoms with Crippen LogP contribution in [0.5, 0.6) is 0 Å². The highest BCUT2D eigenvalue weighted by Gasteiger charge is 2.31. The zero-order valence-corrected chi connectivity index (χ0v) is 11.8. The lowest BCUT2D eigenvalue weighted by atomic mass is 9.67. The van der Waals surface area contributed by atoms with Crippen molar-refractivity contribution in [2.75, 3.05) is 0 Å². The van der Waals surface area contributed by atoms with Crippen molar-refractivity contribution in [1.82, 2.24) is 0 Å². The van der Waals surface area contributed by atoms with E-state index in [0.29, 0.717) is 0 Å². The molecule has 2 saturated carbocycles. The first-order chi connectivity index (χ1) is 7.16. The molecule has 0 radical (unpaired) electrons. The summed E-state index contributed by atoms with van der Waals surface area (Å²) in [5, 5.41) is 0. The summed E-state index contributed by atoms with van der Waals surface area (Å²) in [6.45, 7) is 7.36. The topological polar surface area (TPSA) is 63.0 Å². The SMILES string of the molecule is CC1CCC(C2CCC(C)C(C)C2)CC1.O.O. The van der Waals surface area contributed by atoms with Gasteiger partial charge in [-0.05, 0) is 55.3 Å². The van der Waals surface area contributed by atoms with Gasteiger partial charge in [0.15, 0.2) is 0 Å². The molecule has 4 N–H and O–H groups in total. The fourth-order valence-electron chi connectivity index (χ4n) is 3.77. The normalized spacial score (nSPS) is 42.2. The van der Waals surface area contributed by atoms with Crippen molar-refractivity contribution in [3.8, 4) is 0 Å². The van der Waals surface area contributed by atoms with E-state index in [0.717, 1.165) is 29.6 Å². The van der Waals surface area contributed by atoms with Crippen LogP contribution in [0.1, 0.15) is 65.7 Å². The Hall–Kier alpha value is -0.0800. The molecule has 2 nitrogen and oxygen atoms in total. The Kier molecular flexibility index (Phi) is 7.34. The van der Waals surface area contributed by atoms with Gasteiger partial charge in [0.25, 0.3) is 0 Å². The molecule has 0 aliphatic heterocycles. The van der Waals surface area contributed by atoms with Gasteiger partial charge in [-0.25, -0.2) is 0 Å². The van der Waals surface area contributed by atoms with E-state index in [1.807, 2.05) is 0 Å². The van der Waals surface area contributed by atoms with E-state index >= 15 is 0 Å². The van der Waals surface area contributed by atoms with Crippen molar-refractivity contribution in [2.24, 2.45) is 29.6 Å². The van der Waals surface area contributed by atoms with Gasteiger partial charge in [0.1, 0.15) is 0 Å². The molecule has 0 bridgehead atoms. The average molecular weight is 244 g/mol. The maximum atomic E-state index is 2.47. The Morgan fingerprint density at radius 2 is 1.12 bits per heavy atom. The standard InChI is InChI=1S/C15H28.2H2O/c1-11-4-7-14(8-5-11)15-9-6-12(2)13(3)10-15;;/h11-15H,4-10H2,1-3H3;2*1H2. The van der Waals surface area contributed by atoms with Crippen LogP contribution >= 0.6 is 0 Å². The zero-order chi connectivity index (χ0) is 10.8. The van der Waals surface area contributed by atoms with Crippen molar-refractivity contribution < 1.29 is 11.0 Å². The molecule has 2 aliphatic carbocycles. The summed E-state index contributed by atoms with van der Waals surface area (Å²) in [6.07, 6.45) is 10.6. The van der Waals surface area contributed by atoms with Gasteiger partial charge in [-0.15, -0.1) is 0 Å². The summed E-state index contributed by atoms with van der Waals surface area (Å²) in [6, 6.07) is 0. The Labute approximate surface area is 107 Å². The van der Waals surface area contributed by atoms with Crippen LogP contribution in [0.2, 0.25) is 0 Å². The second-order valence-electron chi connectivity index (χ2n) is 6.55. The zero-order valence-electron chi connectivity index (χ0n) is 11.8. The van der Waals surface area contributed by atoms with Gasteiger partial charge in [0.05, 0.1) is 0 Å². The number of hydrogen-bond donors (Lipinski definition) is 0. The molecule has 2 aliphatic rings. The quantitative estimate of drug-likeness (QED) is 0.680. The molecular formula is C15H32O2. The molecule has 3 atom stereocenters. The van der Waals surface area contributed by atoms with E-state index in [-0.39, 0.29) is 11.0 Å². The van der Waals surface area contributed by atoms with Gasteiger partial charge in [-0.3, -0.25) is 0 Å². The summed E-state index contributed by atoms with van der Waals surface area (Å²) in [4.78, 5) is 0. The Bertz CT molecular complexity index is 197. The lowest BCUT2D eigenvalue weighted by molar-refractivity contribution is 0.120. The molecule has 2 rings (SSSR count). The molecule has 17 heavy (non-hydrogen) atoms. The van der Waals surface area contributed by atoms with Crippen LogP contribution in [0.15, 0.2) is 0 Å². The van der Waals surface area contributed by atoms with Crippen molar-refractivity contribution >= 4 is 0 Å². The minimum absolute atomic E-state index is 0. The Morgan fingerprint density at radius 3 is 1.65 bits per heavy atom. The van der Waals surface area contributed by atoms with Gasteiger partial charge in [0, 0.05) is 0 Å². The molecule has 0 amide bonds. The Balaban J connectivity index is 0.00000128. The van der Waals surface area contributed by atoms with Gasteiger partial charge >= 0.3 is 0 Å². The van der Waals surface area contributed by atoms with Gasteiger partial charge in [-0.1, -0.05) is 40.0 Å². The molecule has 0 aromatic rings. The van der Waals surface area contributed by atoms with Gasteiger partial charge in [0.2, 0.25) is 0 Å². The second kappa shape index (κ2) is 7.38. The maximum Gasteiger partial charge on any atom is -0.0383 e. The third-order valence-electron chi connectivity index (χ3n) is 5.37. The average Bonchev–Trinajstić information content (AvgIpc) is 2.23. The summed E-state index contributed by atoms with van der Waals surface area (Å²) in [5.74, 6) is 5.17. The minimum atomic E-state index is 0. The van der Waals surface area contributed by atoms with Gasteiger partial charge < -0.3 is 11.0 Å². The molecule has 104 valence electrons. The molecule has 0 saturated heterocycles. The van der Waals surface area contributed by atoms with Crippen LogP contribution in [-0.4, -0.2) is 11.0 Å². The first kappa shape index (κ1) is 16.9. The number of hydrogen-bond acceptors (Lipinski definition) is 0. The highest BCUT2D eigenvalue weighted by atomic mass is 16.0. The minimum Gasteiger partial charge on any atom is -0.412 e. The summed E-state index contributed by atoms with van der Waals surface area (Å²) in [5.41, 5.74) is 0. The predicted octanol–water partition coefficient (Wildman–Crippen LogP) is 3.24. The van der Waals surface area contributed by atoms with E-state index in [1.165, 1.54) is 44.9 Å². The van der Waals surface area contributed by atoms with E-state index in [1.54, 1.807) is 0 Å². The lowest BCUT2D eigenvalue weighted by Gasteiger charge is -2.39. The molecular weight excluding hydrogens is 212 g/mol. The molecule has 2 fully saturated rings. The van der Waals surface area contributed by atoms with E-state index in [9.17, 15) is 0 Å². The summed E-state index contributed by atoms with van der Waals surface area (Å²) < 4.78 is 0.